The first-order valence-corrected chi connectivity index (χ1v) is 16.0. The first-order valence-electron chi connectivity index (χ1n) is 13.4. The van der Waals surface area contributed by atoms with Crippen LogP contribution in [0.2, 0.25) is 0 Å². The number of unbranched alkanes of at least 4 members (excludes halogenated alkanes) is 1. The molecule has 214 valence electrons. The van der Waals surface area contributed by atoms with Crippen molar-refractivity contribution in [3.05, 3.63) is 99.5 Å². The number of anilines is 1. The molecule has 40 heavy (non-hydrogen) atoms. The Morgan fingerprint density at radius 2 is 1.62 bits per heavy atom. The van der Waals surface area contributed by atoms with Gasteiger partial charge in [-0.2, -0.15) is 0 Å². The number of rotatable bonds is 13. The van der Waals surface area contributed by atoms with Crippen LogP contribution in [0.4, 0.5) is 5.69 Å². The molecule has 0 bridgehead atoms. The van der Waals surface area contributed by atoms with Gasteiger partial charge in [-0.05, 0) is 55.2 Å². The van der Waals surface area contributed by atoms with Crippen LogP contribution in [0.5, 0.6) is 0 Å². The van der Waals surface area contributed by atoms with Crippen molar-refractivity contribution in [1.82, 2.24) is 10.2 Å². The average Bonchev–Trinajstić information content (AvgIpc) is 2.90. The number of nitrogens with one attached hydrogen (secondary N) is 1. The normalized spacial score (nSPS) is 12.0. The molecule has 0 aliphatic heterocycles. The molecule has 0 fully saturated rings. The predicted molar refractivity (Wildman–Crippen MR) is 165 cm³/mol. The molecule has 0 heterocycles. The number of carbonyl (C=O) groups excluding carboxylic acids is 2. The van der Waals surface area contributed by atoms with Gasteiger partial charge in [0.15, 0.2) is 0 Å². The van der Waals surface area contributed by atoms with Crippen molar-refractivity contribution in [3.8, 4) is 0 Å². The fraction of sp³-hybridized carbons (Fsp3) is 0.355. The molecule has 3 rings (SSSR count). The highest BCUT2D eigenvalue weighted by atomic mass is 79.9. The van der Waals surface area contributed by atoms with Crippen molar-refractivity contribution in [1.29, 1.82) is 0 Å². The van der Waals surface area contributed by atoms with Crippen LogP contribution in [0, 0.1) is 13.8 Å². The molecule has 2 amide bonds. The third-order valence-corrected chi connectivity index (χ3v) is 8.32. The number of amides is 2. The zero-order chi connectivity index (χ0) is 29.3. The molecular weight excluding hydrogens is 590 g/mol. The number of halogens is 1. The van der Waals surface area contributed by atoms with E-state index >= 15 is 0 Å². The highest BCUT2D eigenvalue weighted by Crippen LogP contribution is 2.25. The van der Waals surface area contributed by atoms with Crippen LogP contribution >= 0.6 is 15.9 Å². The third kappa shape index (κ3) is 8.93. The van der Waals surface area contributed by atoms with Gasteiger partial charge in [0.25, 0.3) is 0 Å². The lowest BCUT2D eigenvalue weighted by Crippen LogP contribution is -2.53. The van der Waals surface area contributed by atoms with Crippen LogP contribution in [-0.4, -0.2) is 50.5 Å². The van der Waals surface area contributed by atoms with Crippen LogP contribution in [-0.2, 0) is 32.6 Å². The largest absolute Gasteiger partial charge is 0.354 e. The van der Waals surface area contributed by atoms with Gasteiger partial charge < -0.3 is 10.2 Å². The van der Waals surface area contributed by atoms with Crippen molar-refractivity contribution in [2.24, 2.45) is 0 Å². The fourth-order valence-corrected chi connectivity index (χ4v) is 5.70. The fourth-order valence-electron chi connectivity index (χ4n) is 4.53. The first kappa shape index (κ1) is 31.4. The van der Waals surface area contributed by atoms with Gasteiger partial charge in [-0.25, -0.2) is 8.42 Å². The summed E-state index contributed by atoms with van der Waals surface area (Å²) in [5.41, 5.74) is 3.91. The number of aryl methyl sites for hydroxylation is 2. The molecule has 0 radical (unpaired) electrons. The Morgan fingerprint density at radius 1 is 0.950 bits per heavy atom. The molecule has 1 N–H and O–H groups in total. The van der Waals surface area contributed by atoms with Crippen molar-refractivity contribution < 1.29 is 18.0 Å². The van der Waals surface area contributed by atoms with Gasteiger partial charge in [-0.3, -0.25) is 13.9 Å². The summed E-state index contributed by atoms with van der Waals surface area (Å²) < 4.78 is 28.0. The third-order valence-electron chi connectivity index (χ3n) is 6.67. The summed E-state index contributed by atoms with van der Waals surface area (Å²) in [6.07, 6.45) is 3.13. The number of nitrogens with zero attached hydrogens (tertiary/aromatic N) is 2. The molecular formula is C31H38BrN3O4S. The molecule has 1 unspecified atom stereocenters. The summed E-state index contributed by atoms with van der Waals surface area (Å²) in [5, 5.41) is 2.99. The Balaban J connectivity index is 2.04. The van der Waals surface area contributed by atoms with Crippen molar-refractivity contribution in [2.75, 3.05) is 23.7 Å². The smallest absolute Gasteiger partial charge is 0.244 e. The van der Waals surface area contributed by atoms with Gasteiger partial charge in [0, 0.05) is 24.0 Å². The Bertz CT molecular complexity index is 1400. The molecule has 3 aromatic carbocycles. The number of hydrogen-bond donors (Lipinski definition) is 1. The Hall–Kier alpha value is -3.17. The van der Waals surface area contributed by atoms with Crippen LogP contribution in [0.15, 0.2) is 77.3 Å². The quantitative estimate of drug-likeness (QED) is 0.258. The van der Waals surface area contributed by atoms with E-state index in [9.17, 15) is 18.0 Å². The molecule has 1 atom stereocenters. The van der Waals surface area contributed by atoms with Crippen LogP contribution in [0.3, 0.4) is 0 Å². The highest BCUT2D eigenvalue weighted by Gasteiger charge is 2.33. The lowest BCUT2D eigenvalue weighted by molar-refractivity contribution is -0.140. The first-order chi connectivity index (χ1) is 19.0. The number of sulfonamides is 1. The second-order valence-corrected chi connectivity index (χ2v) is 12.9. The number of hydrogen-bond acceptors (Lipinski definition) is 4. The number of benzene rings is 3. The minimum absolute atomic E-state index is 0.148. The molecule has 3 aromatic rings. The zero-order valence-electron chi connectivity index (χ0n) is 23.6. The van der Waals surface area contributed by atoms with Gasteiger partial charge in [0.1, 0.15) is 12.6 Å². The second kappa shape index (κ2) is 14.5. The van der Waals surface area contributed by atoms with Crippen LogP contribution in [0.25, 0.3) is 0 Å². The highest BCUT2D eigenvalue weighted by molar-refractivity contribution is 9.10. The molecule has 0 saturated carbocycles. The lowest BCUT2D eigenvalue weighted by atomic mass is 10.0. The topological polar surface area (TPSA) is 86.8 Å². The van der Waals surface area contributed by atoms with Gasteiger partial charge >= 0.3 is 0 Å². The maximum Gasteiger partial charge on any atom is 0.244 e. The molecule has 0 aliphatic carbocycles. The lowest BCUT2D eigenvalue weighted by Gasteiger charge is -2.34. The Kier molecular flexibility index (Phi) is 11.3. The van der Waals surface area contributed by atoms with Crippen molar-refractivity contribution in [2.45, 2.75) is 52.6 Å². The van der Waals surface area contributed by atoms with E-state index < -0.39 is 28.5 Å². The molecule has 0 aromatic heterocycles. The predicted octanol–water partition coefficient (Wildman–Crippen LogP) is 5.39. The molecule has 7 nitrogen and oxygen atoms in total. The maximum atomic E-state index is 14.1. The summed E-state index contributed by atoms with van der Waals surface area (Å²) >= 11 is 3.45. The van der Waals surface area contributed by atoms with E-state index in [0.29, 0.717) is 18.7 Å². The van der Waals surface area contributed by atoms with Gasteiger partial charge in [-0.15, -0.1) is 0 Å². The summed E-state index contributed by atoms with van der Waals surface area (Å²) in [4.78, 5) is 29.2. The van der Waals surface area contributed by atoms with Crippen LogP contribution < -0.4 is 9.62 Å². The van der Waals surface area contributed by atoms with Gasteiger partial charge in [0.2, 0.25) is 21.8 Å². The van der Waals surface area contributed by atoms with Crippen molar-refractivity contribution in [3.63, 3.8) is 0 Å². The minimum atomic E-state index is -3.80. The average molecular weight is 629 g/mol. The number of carbonyl (C=O) groups is 2. The summed E-state index contributed by atoms with van der Waals surface area (Å²) in [6, 6.07) is 21.7. The Morgan fingerprint density at radius 3 is 2.23 bits per heavy atom. The van der Waals surface area contributed by atoms with E-state index in [2.05, 4.69) is 21.2 Å². The van der Waals surface area contributed by atoms with E-state index in [4.69, 9.17) is 0 Å². The monoisotopic (exact) mass is 627 g/mol. The van der Waals surface area contributed by atoms with E-state index in [1.807, 2.05) is 87.5 Å². The summed E-state index contributed by atoms with van der Waals surface area (Å²) in [5.74, 6) is -0.722. The van der Waals surface area contributed by atoms with Crippen LogP contribution in [0.1, 0.15) is 42.0 Å². The Labute approximate surface area is 246 Å². The molecule has 0 aliphatic rings. The van der Waals surface area contributed by atoms with Gasteiger partial charge in [-0.1, -0.05) is 89.4 Å². The summed E-state index contributed by atoms with van der Waals surface area (Å²) in [6.45, 7) is 6.02. The minimum Gasteiger partial charge on any atom is -0.354 e. The summed E-state index contributed by atoms with van der Waals surface area (Å²) in [7, 11) is -3.80. The molecule has 9 heteroatoms. The SMILES string of the molecule is CCCCNC(=O)C(Cc1ccccc1)N(Cc1ccc(Br)cc1)C(=O)CN(c1ccc(C)cc1C)S(C)(=O)=O. The second-order valence-electron chi connectivity index (χ2n) is 10.1. The van der Waals surface area contributed by atoms with E-state index in [1.165, 1.54) is 4.90 Å². The van der Waals surface area contributed by atoms with E-state index in [0.717, 1.165) is 50.1 Å². The van der Waals surface area contributed by atoms with E-state index in [1.54, 1.807) is 6.07 Å². The van der Waals surface area contributed by atoms with Crippen molar-refractivity contribution >= 4 is 43.5 Å². The zero-order valence-corrected chi connectivity index (χ0v) is 26.0. The van der Waals surface area contributed by atoms with E-state index in [-0.39, 0.29) is 12.5 Å². The molecule has 0 spiro atoms. The maximum absolute atomic E-state index is 14.1. The molecule has 0 saturated heterocycles. The standard InChI is InChI=1S/C31H38BrN3O4S/c1-5-6-18-33-31(37)29(20-25-10-8-7-9-11-25)34(21-26-13-15-27(32)16-14-26)30(36)22-35(40(4,38)39)28-17-12-23(2)19-24(28)3/h7-17,19,29H,5-6,18,20-22H2,1-4H3,(H,33,37). The van der Waals surface area contributed by atoms with Gasteiger partial charge in [0.05, 0.1) is 11.9 Å².